The zero-order valence-electron chi connectivity index (χ0n) is 12.8. The number of fused-ring (bicyclic) bond motifs is 1. The first-order valence-electron chi connectivity index (χ1n) is 7.87. The summed E-state index contributed by atoms with van der Waals surface area (Å²) in [7, 11) is 0. The maximum atomic E-state index is 9.12. The summed E-state index contributed by atoms with van der Waals surface area (Å²) in [6.45, 7) is 0.482. The molecule has 1 aromatic carbocycles. The maximum absolute atomic E-state index is 9.12. The van der Waals surface area contributed by atoms with Crippen molar-refractivity contribution in [3.8, 4) is 5.69 Å². The Balaban J connectivity index is 1.71. The molecule has 2 heterocycles. The Hall–Kier alpha value is -2.54. The zero-order valence-corrected chi connectivity index (χ0v) is 12.8. The van der Waals surface area contributed by atoms with Gasteiger partial charge in [-0.15, -0.1) is 10.2 Å². The van der Waals surface area contributed by atoms with Crippen molar-refractivity contribution in [2.45, 2.75) is 38.8 Å². The minimum absolute atomic E-state index is 0.0990. The first kappa shape index (κ1) is 14.1. The van der Waals surface area contributed by atoms with Gasteiger partial charge < -0.3 is 5.11 Å². The van der Waals surface area contributed by atoms with Crippen LogP contribution < -0.4 is 0 Å². The van der Waals surface area contributed by atoms with Crippen LogP contribution in [0.5, 0.6) is 0 Å². The second-order valence-corrected chi connectivity index (χ2v) is 5.80. The van der Waals surface area contributed by atoms with E-state index in [2.05, 4.69) is 32.8 Å². The van der Waals surface area contributed by atoms with Gasteiger partial charge in [0.25, 0.3) is 0 Å². The van der Waals surface area contributed by atoms with Gasteiger partial charge in [-0.3, -0.25) is 0 Å². The average Bonchev–Trinajstić information content (AvgIpc) is 3.22. The number of aryl methyl sites for hydroxylation is 1. The first-order chi connectivity index (χ1) is 11.3. The van der Waals surface area contributed by atoms with Gasteiger partial charge in [-0.25, -0.2) is 9.36 Å². The first-order valence-corrected chi connectivity index (χ1v) is 7.87. The Labute approximate surface area is 133 Å². The molecule has 3 aromatic rings. The normalized spacial score (nSPS) is 14.0. The van der Waals surface area contributed by atoms with Crippen molar-refractivity contribution in [3.63, 3.8) is 0 Å². The highest BCUT2D eigenvalue weighted by Crippen LogP contribution is 2.23. The van der Waals surface area contributed by atoms with Crippen LogP contribution in [0.15, 0.2) is 30.5 Å². The molecule has 118 valence electrons. The van der Waals surface area contributed by atoms with Gasteiger partial charge >= 0.3 is 0 Å². The smallest absolute Gasteiger partial charge is 0.108 e. The second-order valence-electron chi connectivity index (χ2n) is 5.80. The number of aliphatic hydroxyl groups excluding tert-OH is 1. The van der Waals surface area contributed by atoms with Crippen LogP contribution >= 0.6 is 0 Å². The van der Waals surface area contributed by atoms with E-state index in [1.807, 2.05) is 16.8 Å². The number of nitrogens with zero attached hydrogens (tertiary/aromatic N) is 6. The molecule has 4 rings (SSSR count). The van der Waals surface area contributed by atoms with Crippen molar-refractivity contribution < 1.29 is 5.11 Å². The lowest BCUT2D eigenvalue weighted by molar-refractivity contribution is 0.276. The van der Waals surface area contributed by atoms with E-state index in [-0.39, 0.29) is 6.61 Å². The molecule has 1 aliphatic rings. The van der Waals surface area contributed by atoms with Gasteiger partial charge in [0.2, 0.25) is 0 Å². The summed E-state index contributed by atoms with van der Waals surface area (Å²) < 4.78 is 3.70. The average molecular weight is 310 g/mol. The van der Waals surface area contributed by atoms with Crippen LogP contribution in [0.25, 0.3) is 5.69 Å². The minimum atomic E-state index is -0.0990. The van der Waals surface area contributed by atoms with Gasteiger partial charge in [-0.05, 0) is 37.3 Å². The van der Waals surface area contributed by atoms with Crippen LogP contribution in [0, 0.1) is 0 Å². The lowest BCUT2D eigenvalue weighted by Crippen LogP contribution is -2.11. The fraction of sp³-hybridized carbons (Fsp3) is 0.375. The van der Waals surface area contributed by atoms with E-state index < -0.39 is 0 Å². The molecule has 0 saturated carbocycles. The standard InChI is InChI=1S/C16H18N6O/c23-11-13-10-21(19-17-13)9-12-5-1-3-7-15(12)22-16-8-4-2-6-14(16)18-20-22/h1,3,5,7,10,23H,2,4,6,8-9,11H2. The molecule has 0 bridgehead atoms. The van der Waals surface area contributed by atoms with Crippen molar-refractivity contribution in [2.24, 2.45) is 0 Å². The highest BCUT2D eigenvalue weighted by atomic mass is 16.3. The van der Waals surface area contributed by atoms with Crippen LogP contribution in [-0.2, 0) is 26.0 Å². The minimum Gasteiger partial charge on any atom is -0.390 e. The molecule has 0 radical (unpaired) electrons. The monoisotopic (exact) mass is 310 g/mol. The maximum Gasteiger partial charge on any atom is 0.108 e. The zero-order chi connectivity index (χ0) is 15.6. The third-order valence-electron chi connectivity index (χ3n) is 4.22. The summed E-state index contributed by atoms with van der Waals surface area (Å²) in [5.74, 6) is 0. The molecule has 0 amide bonds. The largest absolute Gasteiger partial charge is 0.390 e. The highest BCUT2D eigenvalue weighted by molar-refractivity contribution is 5.42. The number of hydrogen-bond donors (Lipinski definition) is 1. The summed E-state index contributed by atoms with van der Waals surface area (Å²) in [6, 6.07) is 8.14. The number of benzene rings is 1. The van der Waals surface area contributed by atoms with Gasteiger partial charge in [0, 0.05) is 0 Å². The Morgan fingerprint density at radius 1 is 1.04 bits per heavy atom. The Bertz CT molecular complexity index is 822. The molecule has 0 fully saturated rings. The summed E-state index contributed by atoms with van der Waals surface area (Å²) in [4.78, 5) is 0. The topological polar surface area (TPSA) is 81.7 Å². The number of para-hydroxylation sites is 1. The van der Waals surface area contributed by atoms with E-state index in [1.165, 1.54) is 18.5 Å². The van der Waals surface area contributed by atoms with Gasteiger partial charge in [-0.1, -0.05) is 28.6 Å². The van der Waals surface area contributed by atoms with Crippen molar-refractivity contribution >= 4 is 0 Å². The number of aliphatic hydroxyl groups is 1. The summed E-state index contributed by atoms with van der Waals surface area (Å²) in [5, 5.41) is 25.8. The number of rotatable bonds is 4. The summed E-state index contributed by atoms with van der Waals surface area (Å²) in [5.41, 5.74) is 5.04. The molecule has 1 aliphatic carbocycles. The molecule has 1 N–H and O–H groups in total. The van der Waals surface area contributed by atoms with E-state index in [4.69, 9.17) is 5.11 Å². The SMILES string of the molecule is OCc1cn(Cc2ccccc2-n2nnc3c2CCCC3)nn1. The van der Waals surface area contributed by atoms with Crippen molar-refractivity contribution in [1.82, 2.24) is 30.0 Å². The van der Waals surface area contributed by atoms with Crippen LogP contribution in [0.4, 0.5) is 0 Å². The molecule has 0 unspecified atom stereocenters. The molecule has 2 aromatic heterocycles. The van der Waals surface area contributed by atoms with Gasteiger partial charge in [0.15, 0.2) is 0 Å². The van der Waals surface area contributed by atoms with Crippen LogP contribution in [0.2, 0.25) is 0 Å². The van der Waals surface area contributed by atoms with E-state index >= 15 is 0 Å². The lowest BCUT2D eigenvalue weighted by atomic mass is 10.0. The molecule has 0 aliphatic heterocycles. The van der Waals surface area contributed by atoms with E-state index in [1.54, 1.807) is 10.9 Å². The van der Waals surface area contributed by atoms with Gasteiger partial charge in [0.05, 0.1) is 36.4 Å². The Morgan fingerprint density at radius 2 is 1.91 bits per heavy atom. The molecule has 7 heteroatoms. The number of aromatic nitrogens is 6. The van der Waals surface area contributed by atoms with Crippen molar-refractivity contribution in [2.75, 3.05) is 0 Å². The third kappa shape index (κ3) is 2.63. The third-order valence-corrected chi connectivity index (χ3v) is 4.22. The Kier molecular flexibility index (Phi) is 3.63. The molecule has 23 heavy (non-hydrogen) atoms. The molecule has 0 spiro atoms. The molecular weight excluding hydrogens is 292 g/mol. The molecule has 7 nitrogen and oxygen atoms in total. The van der Waals surface area contributed by atoms with Gasteiger partial charge in [-0.2, -0.15) is 0 Å². The Morgan fingerprint density at radius 3 is 2.78 bits per heavy atom. The second kappa shape index (κ2) is 5.92. The van der Waals surface area contributed by atoms with E-state index in [0.29, 0.717) is 12.2 Å². The van der Waals surface area contributed by atoms with Crippen molar-refractivity contribution in [1.29, 1.82) is 0 Å². The summed E-state index contributed by atoms with van der Waals surface area (Å²) >= 11 is 0. The van der Waals surface area contributed by atoms with Crippen LogP contribution in [0.3, 0.4) is 0 Å². The molecular formula is C16H18N6O. The van der Waals surface area contributed by atoms with E-state index in [9.17, 15) is 0 Å². The summed E-state index contributed by atoms with van der Waals surface area (Å²) in [6.07, 6.45) is 6.17. The molecule has 0 saturated heterocycles. The van der Waals surface area contributed by atoms with Crippen molar-refractivity contribution in [3.05, 3.63) is 53.1 Å². The molecule has 0 atom stereocenters. The predicted molar refractivity (Wildman–Crippen MR) is 83.0 cm³/mol. The fourth-order valence-corrected chi connectivity index (χ4v) is 3.07. The number of hydrogen-bond acceptors (Lipinski definition) is 5. The lowest BCUT2D eigenvalue weighted by Gasteiger charge is -2.14. The quantitative estimate of drug-likeness (QED) is 0.785. The van der Waals surface area contributed by atoms with Crippen LogP contribution in [0.1, 0.15) is 35.5 Å². The van der Waals surface area contributed by atoms with Crippen LogP contribution in [-0.4, -0.2) is 35.1 Å². The fourth-order valence-electron chi connectivity index (χ4n) is 3.07. The highest BCUT2D eigenvalue weighted by Gasteiger charge is 2.19. The predicted octanol–water partition coefficient (Wildman–Crippen LogP) is 1.28. The van der Waals surface area contributed by atoms with E-state index in [0.717, 1.165) is 29.8 Å². The van der Waals surface area contributed by atoms with Gasteiger partial charge in [0.1, 0.15) is 5.69 Å².